The summed E-state index contributed by atoms with van der Waals surface area (Å²) in [4.78, 5) is 12.7. The Morgan fingerprint density at radius 1 is 1.08 bits per heavy atom. The minimum atomic E-state index is -0.498. The van der Waals surface area contributed by atoms with E-state index in [1.807, 2.05) is 48.7 Å². The second-order valence-electron chi connectivity index (χ2n) is 6.83. The van der Waals surface area contributed by atoms with Crippen LogP contribution in [0.3, 0.4) is 0 Å². The Balaban J connectivity index is 1.58. The molecule has 0 bridgehead atoms. The quantitative estimate of drug-likeness (QED) is 0.691. The summed E-state index contributed by atoms with van der Waals surface area (Å²) in [6, 6.07) is 13.6. The first-order chi connectivity index (χ1) is 12.1. The number of rotatable bonds is 1. The van der Waals surface area contributed by atoms with Gasteiger partial charge in [0.15, 0.2) is 5.72 Å². The number of benzene rings is 2. The molecule has 0 unspecified atom stereocenters. The third-order valence-corrected chi connectivity index (χ3v) is 5.43. The lowest BCUT2D eigenvalue weighted by Gasteiger charge is -2.36. The van der Waals surface area contributed by atoms with E-state index in [1.54, 1.807) is 0 Å². The van der Waals surface area contributed by atoms with Gasteiger partial charge in [0.1, 0.15) is 5.75 Å². The Morgan fingerprint density at radius 2 is 1.92 bits per heavy atom. The third-order valence-electron chi connectivity index (χ3n) is 5.20. The zero-order valence-electron chi connectivity index (χ0n) is 13.6. The van der Waals surface area contributed by atoms with Crippen molar-refractivity contribution in [1.82, 2.24) is 9.88 Å². The fourth-order valence-corrected chi connectivity index (χ4v) is 4.14. The second kappa shape index (κ2) is 5.27. The Kier molecular flexibility index (Phi) is 3.13. The summed E-state index contributed by atoms with van der Waals surface area (Å²) in [6.45, 7) is 0. The van der Waals surface area contributed by atoms with Crippen LogP contribution in [0, 0.1) is 0 Å². The van der Waals surface area contributed by atoms with E-state index in [9.17, 15) is 4.79 Å². The van der Waals surface area contributed by atoms with Crippen molar-refractivity contribution < 1.29 is 9.53 Å². The maximum absolute atomic E-state index is 12.7. The Labute approximate surface area is 150 Å². The first-order valence-corrected chi connectivity index (χ1v) is 8.94. The zero-order chi connectivity index (χ0) is 17.0. The predicted molar refractivity (Wildman–Crippen MR) is 97.6 cm³/mol. The second-order valence-corrected chi connectivity index (χ2v) is 7.26. The highest BCUT2D eigenvalue weighted by Crippen LogP contribution is 2.38. The van der Waals surface area contributed by atoms with E-state index >= 15 is 0 Å². The zero-order valence-corrected chi connectivity index (χ0v) is 14.3. The van der Waals surface area contributed by atoms with Crippen LogP contribution in [-0.4, -0.2) is 16.2 Å². The number of nitrogens with one attached hydrogen (secondary N) is 1. The summed E-state index contributed by atoms with van der Waals surface area (Å²) >= 11 is 6.07. The molecule has 0 atom stereocenters. The highest BCUT2D eigenvalue weighted by molar-refractivity contribution is 6.31. The molecule has 1 aliphatic carbocycles. The van der Waals surface area contributed by atoms with Gasteiger partial charge in [0.25, 0.3) is 5.91 Å². The van der Waals surface area contributed by atoms with Crippen LogP contribution in [0.1, 0.15) is 36.0 Å². The average Bonchev–Trinajstić information content (AvgIpc) is 3.21. The number of amides is 1. The molecule has 2 aromatic carbocycles. The molecule has 1 saturated carbocycles. The lowest BCUT2D eigenvalue weighted by Crippen LogP contribution is -2.54. The summed E-state index contributed by atoms with van der Waals surface area (Å²) in [7, 11) is 0. The summed E-state index contributed by atoms with van der Waals surface area (Å²) in [6.07, 6.45) is 5.92. The highest BCUT2D eigenvalue weighted by atomic mass is 35.5. The van der Waals surface area contributed by atoms with Crippen LogP contribution < -0.4 is 10.1 Å². The van der Waals surface area contributed by atoms with Crippen LogP contribution in [0.15, 0.2) is 48.7 Å². The van der Waals surface area contributed by atoms with Gasteiger partial charge < -0.3 is 14.6 Å². The van der Waals surface area contributed by atoms with Gasteiger partial charge in [-0.2, -0.15) is 0 Å². The van der Waals surface area contributed by atoms with Crippen LogP contribution in [0.25, 0.3) is 16.6 Å². The summed E-state index contributed by atoms with van der Waals surface area (Å²) in [5, 5.41) is 4.86. The number of carbonyl (C=O) groups is 1. The van der Waals surface area contributed by atoms with Crippen LogP contribution in [0.4, 0.5) is 0 Å². The molecule has 3 aromatic rings. The van der Waals surface area contributed by atoms with Crippen molar-refractivity contribution >= 4 is 28.4 Å². The molecule has 2 heterocycles. The molecular formula is C20H17ClN2O2. The van der Waals surface area contributed by atoms with E-state index in [-0.39, 0.29) is 5.91 Å². The third kappa shape index (κ3) is 2.32. The largest absolute Gasteiger partial charge is 0.467 e. The van der Waals surface area contributed by atoms with Gasteiger partial charge in [-0.15, -0.1) is 0 Å². The standard InChI is InChI=1S/C20H17ClN2O2/c21-14-3-5-17-13(11-14)7-10-23(17)15-4-6-18-16(12-15)19(24)22-20(25-18)8-1-2-9-20/h3-7,10-12H,1-2,8-9H2,(H,22,24). The molecular weight excluding hydrogens is 336 g/mol. The first kappa shape index (κ1) is 14.8. The Hall–Kier alpha value is -2.46. The van der Waals surface area contributed by atoms with E-state index < -0.39 is 5.72 Å². The maximum Gasteiger partial charge on any atom is 0.258 e. The molecule has 1 aliphatic heterocycles. The van der Waals surface area contributed by atoms with Crippen molar-refractivity contribution in [1.29, 1.82) is 0 Å². The smallest absolute Gasteiger partial charge is 0.258 e. The minimum absolute atomic E-state index is 0.0514. The van der Waals surface area contributed by atoms with Gasteiger partial charge in [0.2, 0.25) is 0 Å². The molecule has 5 rings (SSSR count). The SMILES string of the molecule is O=C1NC2(CCCC2)Oc2ccc(-n3ccc4cc(Cl)ccc43)cc21. The Morgan fingerprint density at radius 3 is 2.76 bits per heavy atom. The van der Waals surface area contributed by atoms with Gasteiger partial charge in [0, 0.05) is 35.1 Å². The van der Waals surface area contributed by atoms with Crippen LogP contribution in [-0.2, 0) is 0 Å². The van der Waals surface area contributed by atoms with Gasteiger partial charge in [-0.25, -0.2) is 0 Å². The van der Waals surface area contributed by atoms with Crippen molar-refractivity contribution in [2.45, 2.75) is 31.4 Å². The van der Waals surface area contributed by atoms with Crippen molar-refractivity contribution in [3.8, 4) is 11.4 Å². The van der Waals surface area contributed by atoms with Gasteiger partial charge in [-0.05, 0) is 55.3 Å². The molecule has 0 radical (unpaired) electrons. The van der Waals surface area contributed by atoms with Crippen molar-refractivity contribution in [2.24, 2.45) is 0 Å². The van der Waals surface area contributed by atoms with Gasteiger partial charge in [-0.3, -0.25) is 4.79 Å². The number of ether oxygens (including phenoxy) is 1. The number of fused-ring (bicyclic) bond motifs is 2. The van der Waals surface area contributed by atoms with E-state index in [0.29, 0.717) is 16.3 Å². The maximum atomic E-state index is 12.7. The number of halogens is 1. The molecule has 1 aromatic heterocycles. The summed E-state index contributed by atoms with van der Waals surface area (Å²) in [5.74, 6) is 0.624. The van der Waals surface area contributed by atoms with Crippen molar-refractivity contribution in [2.75, 3.05) is 0 Å². The lowest BCUT2D eigenvalue weighted by atomic mass is 10.1. The molecule has 1 amide bonds. The molecule has 1 N–H and O–H groups in total. The van der Waals surface area contributed by atoms with Gasteiger partial charge in [0.05, 0.1) is 11.1 Å². The first-order valence-electron chi connectivity index (χ1n) is 8.56. The van der Waals surface area contributed by atoms with E-state index in [4.69, 9.17) is 16.3 Å². The van der Waals surface area contributed by atoms with Gasteiger partial charge in [-0.1, -0.05) is 11.6 Å². The summed E-state index contributed by atoms with van der Waals surface area (Å²) < 4.78 is 8.22. The fourth-order valence-electron chi connectivity index (χ4n) is 3.96. The number of hydrogen-bond donors (Lipinski definition) is 1. The normalized spacial score (nSPS) is 18.2. The van der Waals surface area contributed by atoms with Crippen LogP contribution >= 0.6 is 11.6 Å². The number of nitrogens with zero attached hydrogens (tertiary/aromatic N) is 1. The monoisotopic (exact) mass is 352 g/mol. The molecule has 126 valence electrons. The molecule has 1 fully saturated rings. The molecule has 2 aliphatic rings. The Bertz CT molecular complexity index is 1000. The van der Waals surface area contributed by atoms with Crippen LogP contribution in [0.2, 0.25) is 5.02 Å². The molecule has 0 saturated heterocycles. The van der Waals surface area contributed by atoms with Crippen molar-refractivity contribution in [3.63, 3.8) is 0 Å². The topological polar surface area (TPSA) is 43.3 Å². The van der Waals surface area contributed by atoms with E-state index in [2.05, 4.69) is 9.88 Å². The number of hydrogen-bond acceptors (Lipinski definition) is 2. The number of carbonyl (C=O) groups excluding carboxylic acids is 1. The van der Waals surface area contributed by atoms with Crippen molar-refractivity contribution in [3.05, 3.63) is 59.2 Å². The van der Waals surface area contributed by atoms with E-state index in [0.717, 1.165) is 42.3 Å². The molecule has 25 heavy (non-hydrogen) atoms. The summed E-state index contributed by atoms with van der Waals surface area (Å²) in [5.41, 5.74) is 2.07. The van der Waals surface area contributed by atoms with Gasteiger partial charge >= 0.3 is 0 Å². The fraction of sp³-hybridized carbons (Fsp3) is 0.250. The lowest BCUT2D eigenvalue weighted by molar-refractivity contribution is 0.0235. The minimum Gasteiger partial charge on any atom is -0.467 e. The number of aromatic nitrogens is 1. The average molecular weight is 353 g/mol. The van der Waals surface area contributed by atoms with Crippen LogP contribution in [0.5, 0.6) is 5.75 Å². The van der Waals surface area contributed by atoms with E-state index in [1.165, 1.54) is 0 Å². The predicted octanol–water partition coefficient (Wildman–Crippen LogP) is 4.68. The molecule has 4 nitrogen and oxygen atoms in total. The highest BCUT2D eigenvalue weighted by Gasteiger charge is 2.42. The molecule has 5 heteroatoms. The molecule has 1 spiro atoms.